The third-order valence-electron chi connectivity index (χ3n) is 4.08. The van der Waals surface area contributed by atoms with Crippen LogP contribution in [0.3, 0.4) is 0 Å². The van der Waals surface area contributed by atoms with Gasteiger partial charge in [-0.05, 0) is 45.2 Å². The fraction of sp³-hybridized carbons (Fsp3) is 0.667. The number of aliphatic hydroxyl groups excluding tert-OH is 1. The number of piperidine rings is 1. The molecule has 0 bridgehead atoms. The van der Waals surface area contributed by atoms with Gasteiger partial charge in [0.25, 0.3) is 5.91 Å². The molecule has 0 aliphatic carbocycles. The predicted octanol–water partition coefficient (Wildman–Crippen LogP) is 1.95. The van der Waals surface area contributed by atoms with Crippen LogP contribution in [-0.4, -0.2) is 45.9 Å². The second kappa shape index (κ2) is 6.39. The summed E-state index contributed by atoms with van der Waals surface area (Å²) in [6, 6.07) is 0. The number of aliphatic hydroxyl groups is 1. The lowest BCUT2D eigenvalue weighted by molar-refractivity contribution is 0.0277. The highest BCUT2D eigenvalue weighted by atomic mass is 16.6. The fourth-order valence-electron chi connectivity index (χ4n) is 2.74. The first-order chi connectivity index (χ1) is 9.97. The Morgan fingerprint density at radius 2 is 2.24 bits per heavy atom. The Morgan fingerprint density at radius 1 is 1.48 bits per heavy atom. The van der Waals surface area contributed by atoms with Crippen LogP contribution in [0.2, 0.25) is 0 Å². The van der Waals surface area contributed by atoms with Crippen LogP contribution in [0, 0.1) is 12.3 Å². The van der Waals surface area contributed by atoms with E-state index in [1.54, 1.807) is 11.8 Å². The van der Waals surface area contributed by atoms with Crippen LogP contribution in [0.25, 0.3) is 0 Å². The topological polar surface area (TPSA) is 79.5 Å². The first-order valence-electron chi connectivity index (χ1n) is 7.30. The molecule has 6 nitrogen and oxygen atoms in total. The summed E-state index contributed by atoms with van der Waals surface area (Å²) < 4.78 is 4.61. The van der Waals surface area contributed by atoms with Crippen molar-refractivity contribution < 1.29 is 14.5 Å². The standard InChI is InChI=1S/C15H23N3O3/c1-11(2)5-7-15(10-19)6-4-8-18(9-15)14(20)13-12(3)16-21-17-13/h5,19H,4,6-10H2,1-3H3/t15-/m1/s1. The number of amides is 1. The molecule has 116 valence electrons. The Labute approximate surface area is 124 Å². The third-order valence-corrected chi connectivity index (χ3v) is 4.08. The van der Waals surface area contributed by atoms with Crippen LogP contribution in [0.5, 0.6) is 0 Å². The Balaban J connectivity index is 2.14. The number of nitrogens with zero attached hydrogens (tertiary/aromatic N) is 3. The molecule has 1 aliphatic heterocycles. The van der Waals surface area contributed by atoms with E-state index in [1.807, 2.05) is 13.8 Å². The largest absolute Gasteiger partial charge is 0.396 e. The van der Waals surface area contributed by atoms with E-state index in [0.29, 0.717) is 18.8 Å². The third kappa shape index (κ3) is 3.50. The summed E-state index contributed by atoms with van der Waals surface area (Å²) in [6.07, 6.45) is 4.72. The first kappa shape index (κ1) is 15.7. The molecule has 1 aromatic heterocycles. The molecule has 1 saturated heterocycles. The Morgan fingerprint density at radius 3 is 2.81 bits per heavy atom. The Hall–Kier alpha value is -1.69. The summed E-state index contributed by atoms with van der Waals surface area (Å²) in [5.41, 5.74) is 1.74. The lowest BCUT2D eigenvalue weighted by atomic mass is 9.77. The monoisotopic (exact) mass is 293 g/mol. The second-order valence-corrected chi connectivity index (χ2v) is 6.17. The van der Waals surface area contributed by atoms with Crippen molar-refractivity contribution in [1.29, 1.82) is 0 Å². The van der Waals surface area contributed by atoms with E-state index < -0.39 is 0 Å². The van der Waals surface area contributed by atoms with Crippen molar-refractivity contribution >= 4 is 5.91 Å². The number of carbonyl (C=O) groups excluding carboxylic acids is 1. The van der Waals surface area contributed by atoms with Gasteiger partial charge < -0.3 is 10.0 Å². The average Bonchev–Trinajstić information content (AvgIpc) is 2.91. The minimum atomic E-state index is -0.254. The highest BCUT2D eigenvalue weighted by Crippen LogP contribution is 2.34. The van der Waals surface area contributed by atoms with Crippen molar-refractivity contribution in [2.24, 2.45) is 5.41 Å². The normalized spacial score (nSPS) is 22.2. The SMILES string of the molecule is CC(C)=CC[C@]1(CO)CCCN(C(=O)c2nonc2C)C1. The van der Waals surface area contributed by atoms with Gasteiger partial charge in [0.05, 0.1) is 6.61 Å². The number of carbonyl (C=O) groups is 1. The van der Waals surface area contributed by atoms with Crippen LogP contribution in [0.1, 0.15) is 49.3 Å². The summed E-state index contributed by atoms with van der Waals surface area (Å²) in [6.45, 7) is 7.09. The van der Waals surface area contributed by atoms with Gasteiger partial charge in [0.1, 0.15) is 5.69 Å². The highest BCUT2D eigenvalue weighted by Gasteiger charge is 2.37. The highest BCUT2D eigenvalue weighted by molar-refractivity contribution is 5.93. The number of rotatable bonds is 4. The van der Waals surface area contributed by atoms with E-state index in [9.17, 15) is 9.90 Å². The molecule has 1 fully saturated rings. The predicted molar refractivity (Wildman–Crippen MR) is 77.7 cm³/mol. The van der Waals surface area contributed by atoms with Gasteiger partial charge in [-0.3, -0.25) is 4.79 Å². The number of allylic oxidation sites excluding steroid dienone is 2. The average molecular weight is 293 g/mol. The molecule has 21 heavy (non-hydrogen) atoms. The zero-order chi connectivity index (χ0) is 15.5. The molecule has 2 rings (SSSR count). The molecule has 6 heteroatoms. The molecule has 1 atom stereocenters. The summed E-state index contributed by atoms with van der Waals surface area (Å²) in [7, 11) is 0. The van der Waals surface area contributed by atoms with Crippen molar-refractivity contribution in [3.05, 3.63) is 23.0 Å². The van der Waals surface area contributed by atoms with E-state index in [2.05, 4.69) is 21.0 Å². The molecule has 1 N–H and O–H groups in total. The number of likely N-dealkylation sites (tertiary alicyclic amines) is 1. The minimum Gasteiger partial charge on any atom is -0.396 e. The molecule has 0 aromatic carbocycles. The Bertz CT molecular complexity index is 534. The van der Waals surface area contributed by atoms with Crippen LogP contribution in [-0.2, 0) is 0 Å². The zero-order valence-electron chi connectivity index (χ0n) is 12.9. The van der Waals surface area contributed by atoms with Crippen LogP contribution >= 0.6 is 0 Å². The van der Waals surface area contributed by atoms with Crippen LogP contribution in [0.15, 0.2) is 16.3 Å². The zero-order valence-corrected chi connectivity index (χ0v) is 12.9. The van der Waals surface area contributed by atoms with Gasteiger partial charge in [-0.25, -0.2) is 4.63 Å². The molecule has 0 unspecified atom stereocenters. The summed E-state index contributed by atoms with van der Waals surface area (Å²) in [5.74, 6) is -0.163. The van der Waals surface area contributed by atoms with Gasteiger partial charge in [0, 0.05) is 18.5 Å². The lowest BCUT2D eigenvalue weighted by Crippen LogP contribution is -2.48. The van der Waals surface area contributed by atoms with Crippen LogP contribution in [0.4, 0.5) is 0 Å². The summed E-state index contributed by atoms with van der Waals surface area (Å²) >= 11 is 0. The molecule has 0 saturated carbocycles. The van der Waals surface area contributed by atoms with Crippen molar-refractivity contribution in [2.75, 3.05) is 19.7 Å². The molecule has 1 aromatic rings. The van der Waals surface area contributed by atoms with Crippen molar-refractivity contribution in [3.63, 3.8) is 0 Å². The van der Waals surface area contributed by atoms with Crippen molar-refractivity contribution in [3.8, 4) is 0 Å². The van der Waals surface area contributed by atoms with E-state index in [0.717, 1.165) is 19.3 Å². The fourth-order valence-corrected chi connectivity index (χ4v) is 2.74. The molecule has 1 amide bonds. The summed E-state index contributed by atoms with van der Waals surface area (Å²) in [4.78, 5) is 14.2. The second-order valence-electron chi connectivity index (χ2n) is 6.17. The number of hydrogen-bond acceptors (Lipinski definition) is 5. The number of aryl methyl sites for hydroxylation is 1. The molecular weight excluding hydrogens is 270 g/mol. The maximum atomic E-state index is 12.5. The lowest BCUT2D eigenvalue weighted by Gasteiger charge is -2.41. The molecule has 2 heterocycles. The van der Waals surface area contributed by atoms with Gasteiger partial charge in [-0.1, -0.05) is 16.8 Å². The van der Waals surface area contributed by atoms with Gasteiger partial charge in [-0.15, -0.1) is 0 Å². The smallest absolute Gasteiger partial charge is 0.278 e. The van der Waals surface area contributed by atoms with E-state index in [4.69, 9.17) is 0 Å². The van der Waals surface area contributed by atoms with Crippen molar-refractivity contribution in [2.45, 2.75) is 40.0 Å². The number of hydrogen-bond donors (Lipinski definition) is 1. The molecule has 0 radical (unpaired) electrons. The van der Waals surface area contributed by atoms with E-state index >= 15 is 0 Å². The first-order valence-corrected chi connectivity index (χ1v) is 7.30. The minimum absolute atomic E-state index is 0.0800. The van der Waals surface area contributed by atoms with Gasteiger partial charge in [-0.2, -0.15) is 0 Å². The van der Waals surface area contributed by atoms with Crippen LogP contribution < -0.4 is 0 Å². The van der Waals surface area contributed by atoms with Gasteiger partial charge >= 0.3 is 0 Å². The quantitative estimate of drug-likeness (QED) is 0.858. The van der Waals surface area contributed by atoms with Crippen molar-refractivity contribution in [1.82, 2.24) is 15.2 Å². The van der Waals surface area contributed by atoms with Gasteiger partial charge in [0.15, 0.2) is 5.69 Å². The van der Waals surface area contributed by atoms with Gasteiger partial charge in [0.2, 0.25) is 0 Å². The number of aromatic nitrogens is 2. The molecular formula is C15H23N3O3. The summed E-state index contributed by atoms with van der Waals surface area (Å²) in [5, 5.41) is 17.2. The Kier molecular flexibility index (Phi) is 4.77. The van der Waals surface area contributed by atoms with E-state index in [-0.39, 0.29) is 23.6 Å². The maximum Gasteiger partial charge on any atom is 0.278 e. The molecule has 1 aliphatic rings. The van der Waals surface area contributed by atoms with E-state index in [1.165, 1.54) is 5.57 Å². The molecule has 0 spiro atoms. The maximum absolute atomic E-state index is 12.5.